The summed E-state index contributed by atoms with van der Waals surface area (Å²) in [4.78, 5) is 0. The predicted molar refractivity (Wildman–Crippen MR) is 53.8 cm³/mol. The van der Waals surface area contributed by atoms with E-state index in [4.69, 9.17) is 9.84 Å². The molecule has 0 saturated carbocycles. The average Bonchev–Trinajstić information content (AvgIpc) is 2.52. The van der Waals surface area contributed by atoms with Crippen LogP contribution in [0.15, 0.2) is 30.3 Å². The molecule has 1 aromatic rings. The van der Waals surface area contributed by atoms with E-state index in [2.05, 4.69) is 4.74 Å². The molecular weight excluding hydrogens is 234 g/mol. The minimum Gasteiger partial charge on any atom is -0.491 e. The van der Waals surface area contributed by atoms with E-state index in [1.807, 2.05) is 0 Å². The Morgan fingerprint density at radius 1 is 1.24 bits per heavy atom. The number of hydrogen-bond acceptors (Lipinski definition) is 4. The van der Waals surface area contributed by atoms with Crippen molar-refractivity contribution in [2.45, 2.75) is 24.4 Å². The van der Waals surface area contributed by atoms with Crippen LogP contribution in [-0.4, -0.2) is 41.2 Å². The third kappa shape index (κ3) is 2.38. The molecule has 0 bridgehead atoms. The number of rotatable bonds is 3. The van der Waals surface area contributed by atoms with E-state index in [1.54, 1.807) is 30.3 Å². The minimum atomic E-state index is -3.66. The molecule has 0 amide bonds. The standard InChI is InChI=1S/C11H12F2O4/c12-11(13)9(14)8(17-10(11)15)6-16-7-4-2-1-3-5-7/h1-5,8-10,14-15H,6H2/t8-,9-,10?/m1/s1. The average molecular weight is 246 g/mol. The second-order valence-corrected chi connectivity index (χ2v) is 3.77. The van der Waals surface area contributed by atoms with Crippen molar-refractivity contribution in [2.75, 3.05) is 6.61 Å². The molecular formula is C11H12F2O4. The van der Waals surface area contributed by atoms with Gasteiger partial charge in [-0.2, -0.15) is 8.78 Å². The van der Waals surface area contributed by atoms with Crippen molar-refractivity contribution < 1.29 is 28.5 Å². The van der Waals surface area contributed by atoms with Crippen molar-refractivity contribution in [3.8, 4) is 5.75 Å². The number of para-hydroxylation sites is 1. The van der Waals surface area contributed by atoms with Gasteiger partial charge in [0.1, 0.15) is 18.5 Å². The normalized spacial score (nSPS) is 31.4. The third-order valence-corrected chi connectivity index (χ3v) is 2.54. The maximum Gasteiger partial charge on any atom is 0.325 e. The van der Waals surface area contributed by atoms with Gasteiger partial charge in [-0.25, -0.2) is 0 Å². The molecule has 0 aromatic heterocycles. The molecule has 1 fully saturated rings. The molecule has 0 spiro atoms. The van der Waals surface area contributed by atoms with Gasteiger partial charge in [0.15, 0.2) is 6.10 Å². The van der Waals surface area contributed by atoms with Crippen molar-refractivity contribution in [1.29, 1.82) is 0 Å². The van der Waals surface area contributed by atoms with Crippen molar-refractivity contribution in [3.05, 3.63) is 30.3 Å². The van der Waals surface area contributed by atoms with E-state index in [9.17, 15) is 13.9 Å². The van der Waals surface area contributed by atoms with Crippen molar-refractivity contribution in [3.63, 3.8) is 0 Å². The summed E-state index contributed by atoms with van der Waals surface area (Å²) < 4.78 is 35.8. The Morgan fingerprint density at radius 3 is 2.41 bits per heavy atom. The highest BCUT2D eigenvalue weighted by Gasteiger charge is 2.58. The number of halogens is 2. The SMILES string of the molecule is OC1O[C@H](COc2ccccc2)[C@@H](O)C1(F)F. The number of ether oxygens (including phenoxy) is 2. The van der Waals surface area contributed by atoms with Gasteiger partial charge in [-0.3, -0.25) is 0 Å². The summed E-state index contributed by atoms with van der Waals surface area (Å²) in [5.41, 5.74) is 0. The van der Waals surface area contributed by atoms with E-state index >= 15 is 0 Å². The molecule has 4 nitrogen and oxygen atoms in total. The molecule has 0 radical (unpaired) electrons. The zero-order chi connectivity index (χ0) is 12.5. The van der Waals surface area contributed by atoms with Crippen LogP contribution in [0, 0.1) is 0 Å². The fraction of sp³-hybridized carbons (Fsp3) is 0.455. The summed E-state index contributed by atoms with van der Waals surface area (Å²) in [6, 6.07) is 8.53. The van der Waals surface area contributed by atoms with Gasteiger partial charge < -0.3 is 19.7 Å². The summed E-state index contributed by atoms with van der Waals surface area (Å²) in [6.07, 6.45) is -5.61. The molecule has 1 saturated heterocycles. The lowest BCUT2D eigenvalue weighted by molar-refractivity contribution is -0.198. The highest BCUT2D eigenvalue weighted by atomic mass is 19.3. The molecule has 0 aliphatic carbocycles. The highest BCUT2D eigenvalue weighted by molar-refractivity contribution is 5.21. The van der Waals surface area contributed by atoms with Gasteiger partial charge in [0.05, 0.1) is 0 Å². The molecule has 94 valence electrons. The van der Waals surface area contributed by atoms with E-state index in [-0.39, 0.29) is 6.61 Å². The van der Waals surface area contributed by atoms with Gasteiger partial charge >= 0.3 is 5.92 Å². The first-order valence-corrected chi connectivity index (χ1v) is 5.09. The molecule has 1 aliphatic rings. The Bertz CT molecular complexity index is 371. The maximum absolute atomic E-state index is 13.0. The zero-order valence-electron chi connectivity index (χ0n) is 8.79. The van der Waals surface area contributed by atoms with Gasteiger partial charge in [-0.1, -0.05) is 18.2 Å². The van der Waals surface area contributed by atoms with Crippen molar-refractivity contribution in [2.24, 2.45) is 0 Å². The van der Waals surface area contributed by atoms with Gasteiger partial charge in [-0.05, 0) is 12.1 Å². The Labute approximate surface area is 96.4 Å². The Hall–Kier alpha value is -1.24. The fourth-order valence-corrected chi connectivity index (χ4v) is 1.55. The molecule has 1 heterocycles. The Balaban J connectivity index is 1.93. The minimum absolute atomic E-state index is 0.252. The summed E-state index contributed by atoms with van der Waals surface area (Å²) in [5.74, 6) is -3.18. The highest BCUT2D eigenvalue weighted by Crippen LogP contribution is 2.34. The lowest BCUT2D eigenvalue weighted by atomic mass is 10.1. The lowest BCUT2D eigenvalue weighted by Crippen LogP contribution is -2.41. The van der Waals surface area contributed by atoms with Gasteiger partial charge in [0, 0.05) is 0 Å². The van der Waals surface area contributed by atoms with Crippen LogP contribution >= 0.6 is 0 Å². The molecule has 17 heavy (non-hydrogen) atoms. The van der Waals surface area contributed by atoms with Crippen LogP contribution in [0.5, 0.6) is 5.75 Å². The van der Waals surface area contributed by atoms with E-state index < -0.39 is 24.4 Å². The number of benzene rings is 1. The van der Waals surface area contributed by atoms with Crippen LogP contribution in [0.1, 0.15) is 0 Å². The number of aliphatic hydroxyl groups is 2. The molecule has 1 aromatic carbocycles. The molecule has 1 unspecified atom stereocenters. The second kappa shape index (κ2) is 4.56. The first-order chi connectivity index (χ1) is 8.01. The molecule has 6 heteroatoms. The monoisotopic (exact) mass is 246 g/mol. The van der Waals surface area contributed by atoms with Crippen LogP contribution in [0.25, 0.3) is 0 Å². The number of aliphatic hydroxyl groups excluding tert-OH is 2. The smallest absolute Gasteiger partial charge is 0.325 e. The molecule has 2 rings (SSSR count). The summed E-state index contributed by atoms with van der Waals surface area (Å²) in [6.45, 7) is -0.252. The summed E-state index contributed by atoms with van der Waals surface area (Å²) in [7, 11) is 0. The third-order valence-electron chi connectivity index (χ3n) is 2.54. The Morgan fingerprint density at radius 2 is 1.88 bits per heavy atom. The topological polar surface area (TPSA) is 58.9 Å². The van der Waals surface area contributed by atoms with E-state index in [0.717, 1.165) is 0 Å². The zero-order valence-corrected chi connectivity index (χ0v) is 8.79. The van der Waals surface area contributed by atoms with Crippen LogP contribution in [0.2, 0.25) is 0 Å². The van der Waals surface area contributed by atoms with Gasteiger partial charge in [0.25, 0.3) is 0 Å². The lowest BCUT2D eigenvalue weighted by Gasteiger charge is -2.16. The second-order valence-electron chi connectivity index (χ2n) is 3.77. The largest absolute Gasteiger partial charge is 0.491 e. The van der Waals surface area contributed by atoms with Crippen LogP contribution in [-0.2, 0) is 4.74 Å². The number of hydrogen-bond donors (Lipinski definition) is 2. The van der Waals surface area contributed by atoms with E-state index in [1.165, 1.54) is 0 Å². The van der Waals surface area contributed by atoms with Gasteiger partial charge in [0.2, 0.25) is 6.29 Å². The molecule has 3 atom stereocenters. The van der Waals surface area contributed by atoms with E-state index in [0.29, 0.717) is 5.75 Å². The van der Waals surface area contributed by atoms with Crippen LogP contribution < -0.4 is 4.74 Å². The Kier molecular flexibility index (Phi) is 3.28. The van der Waals surface area contributed by atoms with Crippen molar-refractivity contribution in [1.82, 2.24) is 0 Å². The van der Waals surface area contributed by atoms with Crippen molar-refractivity contribution >= 4 is 0 Å². The van der Waals surface area contributed by atoms with Crippen LogP contribution in [0.4, 0.5) is 8.78 Å². The molecule has 2 N–H and O–H groups in total. The summed E-state index contributed by atoms with van der Waals surface area (Å²) >= 11 is 0. The maximum atomic E-state index is 13.0. The van der Waals surface area contributed by atoms with Crippen LogP contribution in [0.3, 0.4) is 0 Å². The molecule has 1 aliphatic heterocycles. The summed E-state index contributed by atoms with van der Waals surface area (Å²) in [5, 5.41) is 18.2. The fourth-order valence-electron chi connectivity index (χ4n) is 1.55. The quantitative estimate of drug-likeness (QED) is 0.827. The first kappa shape index (κ1) is 12.2. The van der Waals surface area contributed by atoms with Gasteiger partial charge in [-0.15, -0.1) is 0 Å². The first-order valence-electron chi connectivity index (χ1n) is 5.09. The number of alkyl halides is 2. The predicted octanol–water partition coefficient (Wildman–Crippen LogP) is 0.779.